The largest absolute Gasteiger partial charge is 0.350 e. The van der Waals surface area contributed by atoms with E-state index in [2.05, 4.69) is 33.2 Å². The zero-order valence-corrected chi connectivity index (χ0v) is 22.3. The van der Waals surface area contributed by atoms with E-state index in [0.29, 0.717) is 39.3 Å². The lowest BCUT2D eigenvalue weighted by Crippen LogP contribution is -2.42. The van der Waals surface area contributed by atoms with Crippen LogP contribution in [0.1, 0.15) is 118 Å². The van der Waals surface area contributed by atoms with Crippen LogP contribution < -0.4 is 5.48 Å². The highest BCUT2D eigenvalue weighted by Crippen LogP contribution is 2.26. The Kier molecular flexibility index (Phi) is 22.8. The number of rotatable bonds is 25. The average molecular weight is 486 g/mol. The molecule has 7 heteroatoms. The normalized spacial score (nSPS) is 12.4. The number of ether oxygens (including phenoxy) is 4. The van der Waals surface area contributed by atoms with Gasteiger partial charge in [-0.25, -0.2) is 10.3 Å². The molecule has 0 saturated carbocycles. The van der Waals surface area contributed by atoms with Gasteiger partial charge in [-0.05, 0) is 31.6 Å². The molecule has 7 nitrogen and oxygen atoms in total. The van der Waals surface area contributed by atoms with Gasteiger partial charge in [0.15, 0.2) is 6.29 Å². The average Bonchev–Trinajstić information content (AvgIpc) is 2.85. The van der Waals surface area contributed by atoms with Crippen molar-refractivity contribution in [3.05, 3.63) is 0 Å². The number of terminal acetylenes is 1. The Bertz CT molecular complexity index is 477. The number of hydrogen-bond donors (Lipinski definition) is 1. The summed E-state index contributed by atoms with van der Waals surface area (Å²) in [6.45, 7) is 10.8. The lowest BCUT2D eigenvalue weighted by atomic mass is 10.2. The Balaban J connectivity index is 5.27. The van der Waals surface area contributed by atoms with Crippen LogP contribution in [-0.4, -0.2) is 44.6 Å². The smallest absolute Gasteiger partial charge is 0.319 e. The maximum atomic E-state index is 11.5. The van der Waals surface area contributed by atoms with Crippen molar-refractivity contribution in [2.45, 2.75) is 130 Å². The molecule has 0 bridgehead atoms. The van der Waals surface area contributed by atoms with Crippen LogP contribution in [0.25, 0.3) is 0 Å². The van der Waals surface area contributed by atoms with E-state index >= 15 is 0 Å². The summed E-state index contributed by atoms with van der Waals surface area (Å²) in [5.74, 6) is 0.188. The number of carbonyl (C=O) groups is 1. The standard InChI is InChI=1S/C27H51NO6/c1-6-11-15-21-30-26(34-28-25(29)10-5)19-20-27(31-22-16-12-7-2,32-23-17-13-8-3)33-24-18-14-9-4/h5,26H,6-9,11-24H2,1-4H3,(H,28,29). The van der Waals surface area contributed by atoms with Gasteiger partial charge >= 0.3 is 5.91 Å². The first-order valence-corrected chi connectivity index (χ1v) is 13.5. The second-order valence-corrected chi connectivity index (χ2v) is 8.59. The van der Waals surface area contributed by atoms with Crippen LogP contribution in [0.4, 0.5) is 0 Å². The van der Waals surface area contributed by atoms with E-state index < -0.39 is 18.2 Å². The zero-order valence-electron chi connectivity index (χ0n) is 22.3. The Labute approximate surface area is 208 Å². The summed E-state index contributed by atoms with van der Waals surface area (Å²) in [6, 6.07) is 0. The molecule has 200 valence electrons. The van der Waals surface area contributed by atoms with Crippen molar-refractivity contribution in [3.8, 4) is 12.3 Å². The third kappa shape index (κ3) is 18.2. The van der Waals surface area contributed by atoms with E-state index in [1.54, 1.807) is 0 Å². The van der Waals surface area contributed by atoms with Crippen LogP contribution >= 0.6 is 0 Å². The highest BCUT2D eigenvalue weighted by molar-refractivity contribution is 5.91. The SMILES string of the molecule is C#CC(=O)NOC(CCC(OCCCCC)(OCCCCC)OCCCCC)OCCCCC. The number of carbonyl (C=O) groups excluding carboxylic acids is 1. The molecule has 0 radical (unpaired) electrons. The summed E-state index contributed by atoms with van der Waals surface area (Å²) in [5.41, 5.74) is 2.27. The first-order chi connectivity index (χ1) is 16.6. The van der Waals surface area contributed by atoms with Crippen molar-refractivity contribution in [2.24, 2.45) is 0 Å². The molecule has 0 aliphatic heterocycles. The molecule has 0 aromatic rings. The molecule has 0 spiro atoms. The minimum Gasteiger partial charge on any atom is -0.350 e. The van der Waals surface area contributed by atoms with Crippen LogP contribution in [-0.2, 0) is 28.6 Å². The third-order valence-corrected chi connectivity index (χ3v) is 5.36. The van der Waals surface area contributed by atoms with Crippen LogP contribution in [0, 0.1) is 12.3 Å². The van der Waals surface area contributed by atoms with E-state index in [1.165, 1.54) is 0 Å². The van der Waals surface area contributed by atoms with Gasteiger partial charge in [-0.1, -0.05) is 79.1 Å². The third-order valence-electron chi connectivity index (χ3n) is 5.36. The maximum Gasteiger partial charge on any atom is 0.319 e. The molecule has 0 aliphatic carbocycles. The molecule has 1 unspecified atom stereocenters. The van der Waals surface area contributed by atoms with Crippen molar-refractivity contribution < 1.29 is 28.6 Å². The van der Waals surface area contributed by atoms with Gasteiger partial charge in [0.2, 0.25) is 0 Å². The summed E-state index contributed by atoms with van der Waals surface area (Å²) < 4.78 is 24.7. The van der Waals surface area contributed by atoms with Crippen LogP contribution in [0.2, 0.25) is 0 Å². The molecule has 1 atom stereocenters. The maximum absolute atomic E-state index is 11.5. The molecule has 1 N–H and O–H groups in total. The van der Waals surface area contributed by atoms with Crippen molar-refractivity contribution in [1.29, 1.82) is 0 Å². The second kappa shape index (κ2) is 23.6. The first kappa shape index (κ1) is 32.8. The van der Waals surface area contributed by atoms with Gasteiger partial charge in [-0.15, -0.1) is 6.42 Å². The Morgan fingerprint density at radius 3 is 1.62 bits per heavy atom. The fraction of sp³-hybridized carbons (Fsp3) is 0.889. The molecular weight excluding hydrogens is 434 g/mol. The lowest BCUT2D eigenvalue weighted by molar-refractivity contribution is -0.387. The molecule has 0 aromatic heterocycles. The molecule has 0 fully saturated rings. The van der Waals surface area contributed by atoms with Gasteiger partial charge in [-0.2, -0.15) is 0 Å². The molecule has 0 rings (SSSR count). The van der Waals surface area contributed by atoms with Gasteiger partial charge in [0.25, 0.3) is 5.97 Å². The number of nitrogens with one attached hydrogen (secondary N) is 1. The van der Waals surface area contributed by atoms with Gasteiger partial charge in [0.1, 0.15) is 0 Å². The monoisotopic (exact) mass is 485 g/mol. The molecule has 0 heterocycles. The van der Waals surface area contributed by atoms with Crippen molar-refractivity contribution in [1.82, 2.24) is 5.48 Å². The van der Waals surface area contributed by atoms with E-state index in [9.17, 15) is 4.79 Å². The van der Waals surface area contributed by atoms with Crippen LogP contribution in [0.15, 0.2) is 0 Å². The van der Waals surface area contributed by atoms with E-state index in [1.807, 2.05) is 5.92 Å². The van der Waals surface area contributed by atoms with Crippen molar-refractivity contribution in [2.75, 3.05) is 26.4 Å². The minimum atomic E-state index is -1.15. The molecule has 0 aliphatic rings. The number of amides is 1. The molecular formula is C27H51NO6. The number of hydroxylamine groups is 1. The van der Waals surface area contributed by atoms with Crippen molar-refractivity contribution in [3.63, 3.8) is 0 Å². The minimum absolute atomic E-state index is 0.418. The van der Waals surface area contributed by atoms with Crippen LogP contribution in [0.5, 0.6) is 0 Å². The fourth-order valence-corrected chi connectivity index (χ4v) is 3.27. The predicted molar refractivity (Wildman–Crippen MR) is 136 cm³/mol. The van der Waals surface area contributed by atoms with Gasteiger partial charge in [-0.3, -0.25) is 4.79 Å². The summed E-state index contributed by atoms with van der Waals surface area (Å²) >= 11 is 0. The van der Waals surface area contributed by atoms with Gasteiger partial charge < -0.3 is 18.9 Å². The van der Waals surface area contributed by atoms with Crippen LogP contribution in [0.3, 0.4) is 0 Å². The summed E-state index contributed by atoms with van der Waals surface area (Å²) in [4.78, 5) is 17.0. The Morgan fingerprint density at radius 1 is 0.765 bits per heavy atom. The number of unbranched alkanes of at least 4 members (excludes halogenated alkanes) is 8. The van der Waals surface area contributed by atoms with Crippen molar-refractivity contribution >= 4 is 5.91 Å². The Morgan fingerprint density at radius 2 is 1.21 bits per heavy atom. The summed E-state index contributed by atoms with van der Waals surface area (Å²) in [5, 5.41) is 0. The van der Waals surface area contributed by atoms with E-state index in [4.69, 9.17) is 30.2 Å². The van der Waals surface area contributed by atoms with Gasteiger partial charge in [0, 0.05) is 19.4 Å². The zero-order chi connectivity index (χ0) is 25.3. The first-order valence-electron chi connectivity index (χ1n) is 13.5. The fourth-order valence-electron chi connectivity index (χ4n) is 3.27. The quantitative estimate of drug-likeness (QED) is 0.0712. The summed E-state index contributed by atoms with van der Waals surface area (Å²) in [6.07, 6.45) is 17.8. The second-order valence-electron chi connectivity index (χ2n) is 8.59. The molecule has 34 heavy (non-hydrogen) atoms. The highest BCUT2D eigenvalue weighted by atomic mass is 16.9. The predicted octanol–water partition coefficient (Wildman–Crippen LogP) is 6.25. The summed E-state index contributed by atoms with van der Waals surface area (Å²) in [7, 11) is 0. The number of hydrogen-bond acceptors (Lipinski definition) is 6. The topological polar surface area (TPSA) is 75.3 Å². The lowest BCUT2D eigenvalue weighted by Gasteiger charge is -2.34. The molecule has 0 saturated heterocycles. The van der Waals surface area contributed by atoms with E-state index in [-0.39, 0.29) is 0 Å². The van der Waals surface area contributed by atoms with E-state index in [0.717, 1.165) is 77.0 Å². The highest BCUT2D eigenvalue weighted by Gasteiger charge is 2.35. The molecule has 1 amide bonds. The van der Waals surface area contributed by atoms with Gasteiger partial charge in [0.05, 0.1) is 19.8 Å². The molecule has 0 aromatic carbocycles. The Hall–Kier alpha value is -1.17.